The molecule has 0 fully saturated rings. The third-order valence-corrected chi connectivity index (χ3v) is 5.36. The second-order valence-corrected chi connectivity index (χ2v) is 7.49. The summed E-state index contributed by atoms with van der Waals surface area (Å²) in [6.45, 7) is 0.0839. The van der Waals surface area contributed by atoms with Crippen molar-refractivity contribution in [1.29, 1.82) is 0 Å². The summed E-state index contributed by atoms with van der Waals surface area (Å²) in [5.74, 6) is 7.56. The molecule has 0 radical (unpaired) electrons. The van der Waals surface area contributed by atoms with Gasteiger partial charge in [-0.2, -0.15) is 10.8 Å². The molecule has 7 heteroatoms. The lowest BCUT2D eigenvalue weighted by atomic mass is 10.0. The quantitative estimate of drug-likeness (QED) is 0.560. The number of hydrogen-bond donors (Lipinski definition) is 1. The summed E-state index contributed by atoms with van der Waals surface area (Å²) < 4.78 is 19.8. The van der Waals surface area contributed by atoms with Gasteiger partial charge in [-0.05, 0) is 30.3 Å². The Morgan fingerprint density at radius 1 is 1.17 bits per heavy atom. The molecule has 2 aromatic carbocycles. The summed E-state index contributed by atoms with van der Waals surface area (Å²) in [4.78, 5) is 9.06. The number of halogens is 2. The number of quaternary nitrogens is 1. The van der Waals surface area contributed by atoms with Crippen LogP contribution < -0.4 is 10.6 Å². The average molecular weight is 420 g/mol. The summed E-state index contributed by atoms with van der Waals surface area (Å²) in [5, 5.41) is 0.350. The van der Waals surface area contributed by atoms with E-state index in [0.717, 1.165) is 22.5 Å². The van der Waals surface area contributed by atoms with Crippen LogP contribution in [0.1, 0.15) is 11.1 Å². The van der Waals surface area contributed by atoms with Gasteiger partial charge in [-0.1, -0.05) is 42.0 Å². The van der Waals surface area contributed by atoms with Gasteiger partial charge in [0.15, 0.2) is 0 Å². The molecule has 0 bridgehead atoms. The number of hydrogen-bond acceptors (Lipinski definition) is 4. The summed E-state index contributed by atoms with van der Waals surface area (Å²) in [5.41, 5.74) is 3.86. The molecule has 5 rings (SSSR count). The molecule has 1 unspecified atom stereocenters. The highest BCUT2D eigenvalue weighted by Gasteiger charge is 2.44. The van der Waals surface area contributed by atoms with Gasteiger partial charge in [0.2, 0.25) is 5.70 Å². The van der Waals surface area contributed by atoms with E-state index in [1.54, 1.807) is 30.7 Å². The Morgan fingerprint density at radius 3 is 2.80 bits per heavy atom. The Kier molecular flexibility index (Phi) is 4.47. The van der Waals surface area contributed by atoms with Gasteiger partial charge in [0.1, 0.15) is 30.1 Å². The molecule has 2 aliphatic heterocycles. The van der Waals surface area contributed by atoms with Crippen molar-refractivity contribution in [2.24, 2.45) is 15.8 Å². The number of nitrogens with two attached hydrogens (primary N) is 1. The van der Waals surface area contributed by atoms with Crippen LogP contribution in [0.5, 0.6) is 5.75 Å². The number of rotatable bonds is 5. The molecule has 0 amide bonds. The molecule has 0 saturated carbocycles. The number of aliphatic imine (C=N–C) groups is 2. The van der Waals surface area contributed by atoms with Crippen molar-refractivity contribution in [3.8, 4) is 5.75 Å². The van der Waals surface area contributed by atoms with Gasteiger partial charge in [-0.15, -0.1) is 4.59 Å². The van der Waals surface area contributed by atoms with Crippen molar-refractivity contribution in [2.75, 3.05) is 0 Å². The first-order valence-corrected chi connectivity index (χ1v) is 9.70. The number of benzene rings is 2. The Hall–Kier alpha value is -3.32. The van der Waals surface area contributed by atoms with Crippen LogP contribution in [0.15, 0.2) is 100 Å². The molecule has 0 saturated heterocycles. The molecule has 148 valence electrons. The lowest BCUT2D eigenvalue weighted by Gasteiger charge is -2.26. The van der Waals surface area contributed by atoms with Crippen molar-refractivity contribution >= 4 is 23.7 Å². The zero-order chi connectivity index (χ0) is 20.7. The fourth-order valence-electron chi connectivity index (χ4n) is 3.47. The van der Waals surface area contributed by atoms with Crippen molar-refractivity contribution < 1.29 is 13.7 Å². The molecule has 1 atom stereocenters. The van der Waals surface area contributed by atoms with E-state index >= 15 is 0 Å². The van der Waals surface area contributed by atoms with Crippen molar-refractivity contribution in [1.82, 2.24) is 0 Å². The van der Waals surface area contributed by atoms with Crippen LogP contribution in [-0.4, -0.2) is 16.6 Å². The highest BCUT2D eigenvalue weighted by Crippen LogP contribution is 2.36. The third kappa shape index (κ3) is 3.11. The van der Waals surface area contributed by atoms with Crippen molar-refractivity contribution in [2.45, 2.75) is 6.61 Å². The lowest BCUT2D eigenvalue weighted by molar-refractivity contribution is -0.750. The summed E-state index contributed by atoms with van der Waals surface area (Å²) in [6.07, 6.45) is 11.1. The molecular weight excluding hydrogens is 403 g/mol. The van der Waals surface area contributed by atoms with Gasteiger partial charge in [-0.3, -0.25) is 4.99 Å². The first-order valence-electron chi connectivity index (χ1n) is 9.33. The Morgan fingerprint density at radius 2 is 2.03 bits per heavy atom. The molecule has 2 aromatic rings. The van der Waals surface area contributed by atoms with Crippen LogP contribution in [0.3, 0.4) is 0 Å². The van der Waals surface area contributed by atoms with E-state index in [4.69, 9.17) is 27.2 Å². The van der Waals surface area contributed by atoms with Crippen LogP contribution in [0.4, 0.5) is 4.39 Å². The maximum absolute atomic E-state index is 14.0. The summed E-state index contributed by atoms with van der Waals surface area (Å²) >= 11 is 5.81. The second kappa shape index (κ2) is 7.18. The van der Waals surface area contributed by atoms with Crippen LogP contribution in [0.25, 0.3) is 0 Å². The molecule has 1 aliphatic carbocycles. The topological polar surface area (TPSA) is 60.0 Å². The SMILES string of the molecule is N[N+]12C=CN=CC1=C(C1=CC=C1)N=C2c1cccc(OCc2ccc(Cl)cc2F)c1. The third-order valence-electron chi connectivity index (χ3n) is 5.12. The Labute approximate surface area is 177 Å². The molecule has 2 heterocycles. The van der Waals surface area contributed by atoms with E-state index in [0.29, 0.717) is 22.2 Å². The summed E-state index contributed by atoms with van der Waals surface area (Å²) in [6, 6.07) is 12.0. The Bertz CT molecular complexity index is 1240. The highest BCUT2D eigenvalue weighted by molar-refractivity contribution is 6.30. The van der Waals surface area contributed by atoms with E-state index in [9.17, 15) is 4.39 Å². The monoisotopic (exact) mass is 419 g/mol. The van der Waals surface area contributed by atoms with Crippen LogP contribution >= 0.6 is 11.6 Å². The van der Waals surface area contributed by atoms with Crippen LogP contribution in [0, 0.1) is 5.82 Å². The molecule has 0 spiro atoms. The lowest BCUT2D eigenvalue weighted by Crippen LogP contribution is -2.53. The average Bonchev–Trinajstić information content (AvgIpc) is 2.99. The molecular formula is C23H17ClFN4O+. The van der Waals surface area contributed by atoms with Crippen molar-refractivity contribution in [3.05, 3.63) is 112 Å². The standard InChI is InChI=1S/C23H17ClFN4O/c24-18-8-7-17(20(25)12-18)14-30-19-6-2-5-16(11-19)23-28-22(15-3-1-4-15)21-13-27-9-10-29(21,23)26/h1-13H,14,26H2/q+1. The van der Waals surface area contributed by atoms with Gasteiger partial charge in [0.25, 0.3) is 5.84 Å². The molecule has 3 aliphatic rings. The van der Waals surface area contributed by atoms with Gasteiger partial charge in [0, 0.05) is 16.2 Å². The van der Waals surface area contributed by atoms with E-state index in [2.05, 4.69) is 4.99 Å². The van der Waals surface area contributed by atoms with Crippen molar-refractivity contribution in [3.63, 3.8) is 0 Å². The maximum Gasteiger partial charge on any atom is 0.265 e. The Balaban J connectivity index is 1.44. The summed E-state index contributed by atoms with van der Waals surface area (Å²) in [7, 11) is 0. The molecule has 0 aromatic heterocycles. The smallest absolute Gasteiger partial charge is 0.265 e. The number of ether oxygens (including phenoxy) is 1. The van der Waals surface area contributed by atoms with Crippen LogP contribution in [-0.2, 0) is 6.61 Å². The van der Waals surface area contributed by atoms with Gasteiger partial charge >= 0.3 is 0 Å². The maximum atomic E-state index is 14.0. The predicted molar refractivity (Wildman–Crippen MR) is 115 cm³/mol. The van der Waals surface area contributed by atoms with E-state index in [1.807, 2.05) is 42.5 Å². The van der Waals surface area contributed by atoms with E-state index in [-0.39, 0.29) is 11.2 Å². The zero-order valence-electron chi connectivity index (χ0n) is 15.8. The number of allylic oxidation sites excluding steroid dienone is 4. The number of fused-ring (bicyclic) bond motifs is 1. The van der Waals surface area contributed by atoms with Gasteiger partial charge in [-0.25, -0.2) is 4.39 Å². The fraction of sp³-hybridized carbons (Fsp3) is 0.0435. The van der Waals surface area contributed by atoms with Crippen LogP contribution in [0.2, 0.25) is 5.02 Å². The second-order valence-electron chi connectivity index (χ2n) is 7.06. The fourth-order valence-corrected chi connectivity index (χ4v) is 3.62. The first-order chi connectivity index (χ1) is 14.5. The molecule has 5 nitrogen and oxygen atoms in total. The van der Waals surface area contributed by atoms with Gasteiger partial charge in [0.05, 0.1) is 18.0 Å². The molecule has 30 heavy (non-hydrogen) atoms. The normalized spacial score (nSPS) is 21.3. The van der Waals surface area contributed by atoms with Gasteiger partial charge < -0.3 is 4.74 Å². The minimum absolute atomic E-state index is 0.0702. The number of nitrogens with zero attached hydrogens (tertiary/aromatic N) is 3. The largest absolute Gasteiger partial charge is 0.489 e. The predicted octanol–water partition coefficient (Wildman–Crippen LogP) is 4.77. The van der Waals surface area contributed by atoms with E-state index in [1.165, 1.54) is 6.07 Å². The first kappa shape index (κ1) is 18.7. The zero-order valence-corrected chi connectivity index (χ0v) is 16.6. The highest BCUT2D eigenvalue weighted by atomic mass is 35.5. The van der Waals surface area contributed by atoms with E-state index < -0.39 is 5.82 Å². The number of amidine groups is 1. The minimum Gasteiger partial charge on any atom is -0.489 e. The molecule has 2 N–H and O–H groups in total. The minimum atomic E-state index is -0.400.